The van der Waals surface area contributed by atoms with Gasteiger partial charge in [-0.05, 0) is 42.5 Å². The summed E-state index contributed by atoms with van der Waals surface area (Å²) in [6, 6.07) is 14.2. The molecule has 8 heteroatoms. The van der Waals surface area contributed by atoms with Crippen LogP contribution in [-0.2, 0) is 4.79 Å². The summed E-state index contributed by atoms with van der Waals surface area (Å²) in [7, 11) is 0. The molecular formula is C18H15Cl2N5O. The summed E-state index contributed by atoms with van der Waals surface area (Å²) in [6.07, 6.45) is 1.62. The van der Waals surface area contributed by atoms with Gasteiger partial charge in [0.2, 0.25) is 11.9 Å². The van der Waals surface area contributed by atoms with Crippen LogP contribution in [0.4, 0.5) is 28.8 Å². The van der Waals surface area contributed by atoms with Crippen molar-refractivity contribution in [1.29, 1.82) is 0 Å². The monoisotopic (exact) mass is 387 g/mol. The third kappa shape index (κ3) is 4.62. The number of carbonyl (C=O) groups is 1. The normalized spacial score (nSPS) is 10.3. The van der Waals surface area contributed by atoms with E-state index in [1.165, 1.54) is 6.92 Å². The minimum Gasteiger partial charge on any atom is -0.338 e. The maximum absolute atomic E-state index is 11.1. The van der Waals surface area contributed by atoms with Gasteiger partial charge in [0.1, 0.15) is 5.82 Å². The minimum absolute atomic E-state index is 0.119. The molecule has 0 saturated heterocycles. The lowest BCUT2D eigenvalue weighted by atomic mass is 10.3. The van der Waals surface area contributed by atoms with Crippen molar-refractivity contribution in [3.8, 4) is 0 Å². The van der Waals surface area contributed by atoms with E-state index >= 15 is 0 Å². The van der Waals surface area contributed by atoms with Crippen molar-refractivity contribution in [2.75, 3.05) is 16.0 Å². The zero-order valence-corrected chi connectivity index (χ0v) is 15.3. The minimum atomic E-state index is -0.119. The van der Waals surface area contributed by atoms with E-state index in [1.54, 1.807) is 42.6 Å². The van der Waals surface area contributed by atoms with E-state index < -0.39 is 0 Å². The van der Waals surface area contributed by atoms with Gasteiger partial charge >= 0.3 is 0 Å². The first-order valence-electron chi connectivity index (χ1n) is 7.70. The summed E-state index contributed by atoms with van der Waals surface area (Å²) in [6.45, 7) is 1.46. The maximum atomic E-state index is 11.1. The number of aromatic nitrogens is 2. The van der Waals surface area contributed by atoms with Gasteiger partial charge in [-0.3, -0.25) is 4.79 Å². The van der Waals surface area contributed by atoms with Gasteiger partial charge in [0.05, 0.1) is 15.7 Å². The largest absolute Gasteiger partial charge is 0.338 e. The molecule has 1 aromatic heterocycles. The molecule has 3 N–H and O–H groups in total. The van der Waals surface area contributed by atoms with Crippen LogP contribution in [0.2, 0.25) is 10.0 Å². The maximum Gasteiger partial charge on any atom is 0.229 e. The van der Waals surface area contributed by atoms with Crippen LogP contribution in [0.3, 0.4) is 0 Å². The van der Waals surface area contributed by atoms with Crippen molar-refractivity contribution >= 4 is 57.9 Å². The number of carbonyl (C=O) groups excluding carboxylic acids is 1. The van der Waals surface area contributed by atoms with E-state index in [1.807, 2.05) is 12.1 Å². The van der Waals surface area contributed by atoms with E-state index in [2.05, 4.69) is 25.9 Å². The van der Waals surface area contributed by atoms with Crippen LogP contribution < -0.4 is 16.0 Å². The number of nitrogens with one attached hydrogen (secondary N) is 3. The summed E-state index contributed by atoms with van der Waals surface area (Å²) >= 11 is 12.3. The topological polar surface area (TPSA) is 78.9 Å². The fourth-order valence-electron chi connectivity index (χ4n) is 2.20. The fourth-order valence-corrected chi connectivity index (χ4v) is 2.70. The van der Waals surface area contributed by atoms with Crippen LogP contribution >= 0.6 is 23.2 Å². The zero-order chi connectivity index (χ0) is 18.5. The van der Waals surface area contributed by atoms with E-state index in [0.717, 1.165) is 5.69 Å². The summed E-state index contributed by atoms with van der Waals surface area (Å²) in [5, 5.41) is 9.90. The molecule has 6 nitrogen and oxygen atoms in total. The third-order valence-electron chi connectivity index (χ3n) is 3.33. The van der Waals surface area contributed by atoms with Gasteiger partial charge in [0, 0.05) is 24.5 Å². The van der Waals surface area contributed by atoms with Crippen LogP contribution in [0.15, 0.2) is 54.7 Å². The van der Waals surface area contributed by atoms with Crippen molar-refractivity contribution in [3.05, 3.63) is 64.8 Å². The standard InChI is InChI=1S/C18H15Cl2N5O/c1-11(26)22-12-5-7-13(8-6-12)23-18-21-10-9-16(25-18)24-17-14(19)3-2-4-15(17)20/h2-10H,1H3,(H,22,26)(H2,21,23,24,25). The molecule has 1 amide bonds. The van der Waals surface area contributed by atoms with Crippen molar-refractivity contribution in [1.82, 2.24) is 9.97 Å². The second-order valence-electron chi connectivity index (χ2n) is 5.37. The quantitative estimate of drug-likeness (QED) is 0.558. The van der Waals surface area contributed by atoms with Gasteiger partial charge in [-0.1, -0.05) is 29.3 Å². The molecule has 0 bridgehead atoms. The molecular weight excluding hydrogens is 373 g/mol. The first-order chi connectivity index (χ1) is 12.5. The van der Waals surface area contributed by atoms with Gasteiger partial charge in [0.25, 0.3) is 0 Å². The molecule has 3 aromatic rings. The highest BCUT2D eigenvalue weighted by atomic mass is 35.5. The van der Waals surface area contributed by atoms with Crippen molar-refractivity contribution < 1.29 is 4.79 Å². The lowest BCUT2D eigenvalue weighted by molar-refractivity contribution is -0.114. The molecule has 0 spiro atoms. The molecule has 3 rings (SSSR count). The first kappa shape index (κ1) is 18.0. The number of hydrogen-bond acceptors (Lipinski definition) is 5. The Morgan fingerprint density at radius 3 is 2.23 bits per heavy atom. The van der Waals surface area contributed by atoms with Gasteiger partial charge in [0.15, 0.2) is 0 Å². The Kier molecular flexibility index (Phi) is 5.55. The molecule has 0 saturated carbocycles. The molecule has 26 heavy (non-hydrogen) atoms. The number of rotatable bonds is 5. The molecule has 132 valence electrons. The number of nitrogens with zero attached hydrogens (tertiary/aromatic N) is 2. The molecule has 1 heterocycles. The lowest BCUT2D eigenvalue weighted by Gasteiger charge is -2.11. The van der Waals surface area contributed by atoms with E-state index in [0.29, 0.717) is 33.2 Å². The van der Waals surface area contributed by atoms with Crippen LogP contribution in [0.1, 0.15) is 6.92 Å². The third-order valence-corrected chi connectivity index (χ3v) is 3.96. The molecule has 0 radical (unpaired) electrons. The average molecular weight is 388 g/mol. The van der Waals surface area contributed by atoms with E-state index in [-0.39, 0.29) is 5.91 Å². The highest BCUT2D eigenvalue weighted by Crippen LogP contribution is 2.32. The van der Waals surface area contributed by atoms with Gasteiger partial charge in [-0.25, -0.2) is 4.98 Å². The molecule has 0 atom stereocenters. The Morgan fingerprint density at radius 1 is 0.923 bits per heavy atom. The molecule has 0 fully saturated rings. The van der Waals surface area contributed by atoms with Crippen LogP contribution in [0, 0.1) is 0 Å². The Morgan fingerprint density at radius 2 is 1.58 bits per heavy atom. The first-order valence-corrected chi connectivity index (χ1v) is 8.45. The molecule has 0 aliphatic carbocycles. The number of para-hydroxylation sites is 1. The van der Waals surface area contributed by atoms with E-state index in [9.17, 15) is 4.79 Å². The summed E-state index contributed by atoms with van der Waals surface area (Å²) < 4.78 is 0. The number of hydrogen-bond donors (Lipinski definition) is 3. The Labute approximate surface area is 160 Å². The SMILES string of the molecule is CC(=O)Nc1ccc(Nc2nccc(Nc3c(Cl)cccc3Cl)n2)cc1. The Bertz CT molecular complexity index is 911. The fraction of sp³-hybridized carbons (Fsp3) is 0.0556. The summed E-state index contributed by atoms with van der Waals surface area (Å²) in [5.74, 6) is 0.837. The second-order valence-corrected chi connectivity index (χ2v) is 6.19. The van der Waals surface area contributed by atoms with Gasteiger partial charge < -0.3 is 16.0 Å². The van der Waals surface area contributed by atoms with Crippen LogP contribution in [0.25, 0.3) is 0 Å². The lowest BCUT2D eigenvalue weighted by Crippen LogP contribution is -2.05. The highest BCUT2D eigenvalue weighted by molar-refractivity contribution is 6.39. The predicted molar refractivity (Wildman–Crippen MR) is 106 cm³/mol. The number of anilines is 5. The second kappa shape index (κ2) is 8.03. The van der Waals surface area contributed by atoms with Crippen molar-refractivity contribution in [3.63, 3.8) is 0 Å². The highest BCUT2D eigenvalue weighted by Gasteiger charge is 2.07. The number of benzene rings is 2. The Hall–Kier alpha value is -2.83. The summed E-state index contributed by atoms with van der Waals surface area (Å²) in [5.41, 5.74) is 2.08. The van der Waals surface area contributed by atoms with Crippen LogP contribution in [0.5, 0.6) is 0 Å². The summed E-state index contributed by atoms with van der Waals surface area (Å²) in [4.78, 5) is 19.6. The van der Waals surface area contributed by atoms with Gasteiger partial charge in [-0.15, -0.1) is 0 Å². The number of halogens is 2. The number of amides is 1. The molecule has 2 aromatic carbocycles. The Balaban J connectivity index is 1.74. The van der Waals surface area contributed by atoms with Crippen LogP contribution in [-0.4, -0.2) is 15.9 Å². The van der Waals surface area contributed by atoms with E-state index in [4.69, 9.17) is 23.2 Å². The van der Waals surface area contributed by atoms with Gasteiger partial charge in [-0.2, -0.15) is 4.98 Å². The molecule has 0 aliphatic rings. The van der Waals surface area contributed by atoms with Crippen molar-refractivity contribution in [2.24, 2.45) is 0 Å². The predicted octanol–water partition coefficient (Wildman–Crippen LogP) is 5.23. The zero-order valence-electron chi connectivity index (χ0n) is 13.8. The molecule has 0 unspecified atom stereocenters. The molecule has 0 aliphatic heterocycles. The average Bonchev–Trinajstić information content (AvgIpc) is 2.60. The smallest absolute Gasteiger partial charge is 0.229 e. The van der Waals surface area contributed by atoms with Crippen molar-refractivity contribution in [2.45, 2.75) is 6.92 Å².